The monoisotopic (exact) mass is 243 g/mol. The van der Waals surface area contributed by atoms with Crippen LogP contribution in [0.5, 0.6) is 0 Å². The number of imidazole rings is 1. The van der Waals surface area contributed by atoms with Gasteiger partial charge in [0.2, 0.25) is 0 Å². The molecule has 4 heteroatoms. The molecule has 2 aromatic rings. The van der Waals surface area contributed by atoms with E-state index >= 15 is 0 Å². The van der Waals surface area contributed by atoms with Crippen molar-refractivity contribution in [1.29, 1.82) is 0 Å². The first-order valence-electron chi connectivity index (χ1n) is 6.45. The molecule has 1 aromatic heterocycles. The highest BCUT2D eigenvalue weighted by Gasteiger charge is 2.18. The molecule has 1 atom stereocenters. The van der Waals surface area contributed by atoms with Crippen molar-refractivity contribution in [2.24, 2.45) is 0 Å². The van der Waals surface area contributed by atoms with Gasteiger partial charge in [-0.25, -0.2) is 4.79 Å². The third-order valence-corrected chi connectivity index (χ3v) is 3.53. The molecule has 1 saturated heterocycles. The zero-order valence-electron chi connectivity index (χ0n) is 10.2. The number of aromatic nitrogens is 2. The van der Waals surface area contributed by atoms with E-state index in [-0.39, 0.29) is 5.69 Å². The number of piperidine rings is 1. The highest BCUT2D eigenvalue weighted by atomic mass is 16.1. The predicted molar refractivity (Wildman–Crippen MR) is 71.4 cm³/mol. The fraction of sp³-hybridized carbons (Fsp3) is 0.357. The molecule has 3 N–H and O–H groups in total. The van der Waals surface area contributed by atoms with Crippen molar-refractivity contribution in [2.45, 2.75) is 25.3 Å². The lowest BCUT2D eigenvalue weighted by Crippen LogP contribution is -2.27. The lowest BCUT2D eigenvalue weighted by Gasteiger charge is -2.25. The second-order valence-corrected chi connectivity index (χ2v) is 4.75. The van der Waals surface area contributed by atoms with Crippen LogP contribution < -0.4 is 11.0 Å². The highest BCUT2D eigenvalue weighted by Crippen LogP contribution is 2.30. The van der Waals surface area contributed by atoms with Gasteiger partial charge < -0.3 is 15.3 Å². The minimum absolute atomic E-state index is 0.156. The lowest BCUT2D eigenvalue weighted by molar-refractivity contribution is 0.413. The molecule has 1 aliphatic heterocycles. The molecular formula is C14H17N3O. The van der Waals surface area contributed by atoms with Crippen molar-refractivity contribution in [3.8, 4) is 11.3 Å². The molecule has 1 aliphatic rings. The summed E-state index contributed by atoms with van der Waals surface area (Å²) < 4.78 is 0. The minimum atomic E-state index is -0.156. The van der Waals surface area contributed by atoms with Gasteiger partial charge in [-0.15, -0.1) is 0 Å². The smallest absolute Gasteiger partial charge is 0.312 e. The van der Waals surface area contributed by atoms with Crippen molar-refractivity contribution in [3.05, 3.63) is 46.5 Å². The van der Waals surface area contributed by atoms with E-state index in [1.54, 1.807) is 6.20 Å². The maximum atomic E-state index is 11.2. The van der Waals surface area contributed by atoms with Crippen LogP contribution in [-0.4, -0.2) is 16.5 Å². The molecule has 4 nitrogen and oxygen atoms in total. The molecule has 0 amide bonds. The first kappa shape index (κ1) is 11.3. The van der Waals surface area contributed by atoms with E-state index in [4.69, 9.17) is 0 Å². The topological polar surface area (TPSA) is 60.7 Å². The van der Waals surface area contributed by atoms with Crippen LogP contribution in [0.4, 0.5) is 0 Å². The predicted octanol–water partition coefficient (Wildman–Crippen LogP) is 2.18. The molecule has 1 aromatic carbocycles. The summed E-state index contributed by atoms with van der Waals surface area (Å²) in [5, 5.41) is 3.55. The van der Waals surface area contributed by atoms with Gasteiger partial charge >= 0.3 is 5.69 Å². The zero-order valence-corrected chi connectivity index (χ0v) is 10.2. The molecule has 94 valence electrons. The zero-order chi connectivity index (χ0) is 12.4. The average molecular weight is 243 g/mol. The number of rotatable bonds is 2. The number of benzene rings is 1. The van der Waals surface area contributed by atoms with Gasteiger partial charge in [-0.05, 0) is 24.9 Å². The summed E-state index contributed by atoms with van der Waals surface area (Å²) >= 11 is 0. The number of hydrogen-bond donors (Lipinski definition) is 3. The van der Waals surface area contributed by atoms with Gasteiger partial charge in [0.05, 0.1) is 5.69 Å². The third kappa shape index (κ3) is 2.11. The Balaban J connectivity index is 2.01. The molecule has 2 heterocycles. The van der Waals surface area contributed by atoms with Crippen LogP contribution >= 0.6 is 0 Å². The molecule has 0 radical (unpaired) electrons. The minimum Gasteiger partial charge on any atom is -0.312 e. The van der Waals surface area contributed by atoms with Crippen LogP contribution in [0.15, 0.2) is 35.3 Å². The Morgan fingerprint density at radius 3 is 2.78 bits per heavy atom. The van der Waals surface area contributed by atoms with E-state index in [1.807, 2.05) is 6.07 Å². The Kier molecular flexibility index (Phi) is 3.02. The lowest BCUT2D eigenvalue weighted by atomic mass is 9.92. The van der Waals surface area contributed by atoms with Crippen LogP contribution in [0.25, 0.3) is 11.3 Å². The Morgan fingerprint density at radius 1 is 1.17 bits per heavy atom. The summed E-state index contributed by atoms with van der Waals surface area (Å²) in [6.45, 7) is 1.07. The second-order valence-electron chi connectivity index (χ2n) is 4.75. The Hall–Kier alpha value is -1.81. The third-order valence-electron chi connectivity index (χ3n) is 3.53. The van der Waals surface area contributed by atoms with Crippen molar-refractivity contribution in [1.82, 2.24) is 15.3 Å². The summed E-state index contributed by atoms with van der Waals surface area (Å²) in [4.78, 5) is 16.7. The first-order chi connectivity index (χ1) is 8.84. The molecule has 3 rings (SSSR count). The van der Waals surface area contributed by atoms with Gasteiger partial charge in [-0.3, -0.25) is 0 Å². The number of H-pyrrole nitrogens is 2. The van der Waals surface area contributed by atoms with Gasteiger partial charge in [0.25, 0.3) is 0 Å². The average Bonchev–Trinajstić information content (AvgIpc) is 2.86. The van der Waals surface area contributed by atoms with Gasteiger partial charge in [-0.1, -0.05) is 30.7 Å². The van der Waals surface area contributed by atoms with E-state index in [2.05, 4.69) is 33.5 Å². The van der Waals surface area contributed by atoms with Crippen LogP contribution in [0.3, 0.4) is 0 Å². The SMILES string of the molecule is O=c1[nH]cc(-c2ccccc2C2CCCCN2)[nH]1. The summed E-state index contributed by atoms with van der Waals surface area (Å²) in [5.74, 6) is 0. The summed E-state index contributed by atoms with van der Waals surface area (Å²) in [7, 11) is 0. The molecule has 0 bridgehead atoms. The molecule has 0 aliphatic carbocycles. The molecule has 1 unspecified atom stereocenters. The summed E-state index contributed by atoms with van der Waals surface area (Å²) in [6, 6.07) is 8.66. The molecular weight excluding hydrogens is 226 g/mol. The van der Waals surface area contributed by atoms with E-state index < -0.39 is 0 Å². The van der Waals surface area contributed by atoms with Gasteiger partial charge in [0, 0.05) is 17.8 Å². The molecule has 0 saturated carbocycles. The molecule has 1 fully saturated rings. The standard InChI is InChI=1S/C14H17N3O/c18-14-16-9-13(17-14)11-6-2-1-5-10(11)12-7-3-4-8-15-12/h1-2,5-6,9,12,15H,3-4,7-8H2,(H2,16,17,18). The van der Waals surface area contributed by atoms with E-state index in [9.17, 15) is 4.79 Å². The molecule has 0 spiro atoms. The molecule has 18 heavy (non-hydrogen) atoms. The maximum Gasteiger partial charge on any atom is 0.323 e. The maximum absolute atomic E-state index is 11.2. The Labute approximate surface area is 105 Å². The number of aromatic amines is 2. The quantitative estimate of drug-likeness (QED) is 0.757. The van der Waals surface area contributed by atoms with E-state index in [0.717, 1.165) is 24.2 Å². The summed E-state index contributed by atoms with van der Waals surface area (Å²) in [5.41, 5.74) is 3.09. The van der Waals surface area contributed by atoms with Crippen molar-refractivity contribution in [3.63, 3.8) is 0 Å². The highest BCUT2D eigenvalue weighted by molar-refractivity contribution is 5.63. The number of nitrogens with one attached hydrogen (secondary N) is 3. The van der Waals surface area contributed by atoms with Crippen LogP contribution in [-0.2, 0) is 0 Å². The van der Waals surface area contributed by atoms with Crippen LogP contribution in [0, 0.1) is 0 Å². The van der Waals surface area contributed by atoms with Crippen molar-refractivity contribution < 1.29 is 0 Å². The fourth-order valence-corrected chi connectivity index (χ4v) is 2.64. The van der Waals surface area contributed by atoms with Gasteiger partial charge in [0.1, 0.15) is 0 Å². The van der Waals surface area contributed by atoms with Crippen molar-refractivity contribution >= 4 is 0 Å². The second kappa shape index (κ2) is 4.82. The Bertz CT molecular complexity index is 578. The van der Waals surface area contributed by atoms with Crippen molar-refractivity contribution in [2.75, 3.05) is 6.54 Å². The Morgan fingerprint density at radius 2 is 2.06 bits per heavy atom. The largest absolute Gasteiger partial charge is 0.323 e. The fourth-order valence-electron chi connectivity index (χ4n) is 2.64. The number of hydrogen-bond acceptors (Lipinski definition) is 2. The van der Waals surface area contributed by atoms with Crippen LogP contribution in [0.2, 0.25) is 0 Å². The van der Waals surface area contributed by atoms with Gasteiger partial charge in [0.15, 0.2) is 0 Å². The first-order valence-corrected chi connectivity index (χ1v) is 6.45. The summed E-state index contributed by atoms with van der Waals surface area (Å²) in [6.07, 6.45) is 5.41. The normalized spacial score (nSPS) is 19.9. The van der Waals surface area contributed by atoms with Crippen LogP contribution in [0.1, 0.15) is 30.9 Å². The van der Waals surface area contributed by atoms with E-state index in [1.165, 1.54) is 18.4 Å². The van der Waals surface area contributed by atoms with Gasteiger partial charge in [-0.2, -0.15) is 0 Å². The van der Waals surface area contributed by atoms with E-state index in [0.29, 0.717) is 6.04 Å².